The Balaban J connectivity index is 0.000000552. The molecule has 1 saturated carbocycles. The van der Waals surface area contributed by atoms with Crippen LogP contribution in [0.15, 0.2) is 48.5 Å². The Hall–Kier alpha value is -3.55. The predicted molar refractivity (Wildman–Crippen MR) is 99.0 cm³/mol. The lowest BCUT2D eigenvalue weighted by atomic mass is 10.1. The molecule has 8 nitrogen and oxygen atoms in total. The first-order valence-corrected chi connectivity index (χ1v) is 7.89. The van der Waals surface area contributed by atoms with Crippen molar-refractivity contribution in [2.75, 3.05) is 10.6 Å². The summed E-state index contributed by atoms with van der Waals surface area (Å²) in [6.07, 6.45) is 0.698. The maximum absolute atomic E-state index is 12.3. The third-order valence-corrected chi connectivity index (χ3v) is 3.62. The molecule has 3 rings (SSSR count). The maximum Gasteiger partial charge on any atom is 0.503 e. The van der Waals surface area contributed by atoms with Gasteiger partial charge >= 0.3 is 6.16 Å². The molecule has 0 aromatic heterocycles. The number of carbonyl (C=O) groups excluding carboxylic acids is 1. The summed E-state index contributed by atoms with van der Waals surface area (Å²) >= 11 is 0. The number of anilines is 2. The number of hydrogen-bond donors (Lipinski definition) is 6. The van der Waals surface area contributed by atoms with Gasteiger partial charge in [-0.15, -0.1) is 0 Å². The molecule has 0 aliphatic heterocycles. The fourth-order valence-corrected chi connectivity index (χ4v) is 2.35. The molecule has 8 heteroatoms. The molecule has 26 heavy (non-hydrogen) atoms. The summed E-state index contributed by atoms with van der Waals surface area (Å²) in [6.45, 7) is 0. The van der Waals surface area contributed by atoms with Gasteiger partial charge in [0.1, 0.15) is 0 Å². The summed E-state index contributed by atoms with van der Waals surface area (Å²) in [6, 6.07) is 14.9. The van der Waals surface area contributed by atoms with Crippen molar-refractivity contribution in [2.45, 2.75) is 18.8 Å². The fourth-order valence-electron chi connectivity index (χ4n) is 2.35. The number of amides is 1. The van der Waals surface area contributed by atoms with Crippen LogP contribution in [0.25, 0.3) is 0 Å². The summed E-state index contributed by atoms with van der Waals surface area (Å²) in [5.74, 6) is 0.360. The van der Waals surface area contributed by atoms with Gasteiger partial charge in [-0.25, -0.2) is 4.79 Å². The van der Waals surface area contributed by atoms with E-state index in [-0.39, 0.29) is 11.9 Å². The van der Waals surface area contributed by atoms with Gasteiger partial charge < -0.3 is 26.6 Å². The van der Waals surface area contributed by atoms with E-state index in [2.05, 4.69) is 22.8 Å². The van der Waals surface area contributed by atoms with E-state index in [4.69, 9.17) is 26.2 Å². The van der Waals surface area contributed by atoms with Crippen molar-refractivity contribution >= 4 is 29.4 Å². The summed E-state index contributed by atoms with van der Waals surface area (Å²) in [7, 11) is 0. The molecule has 0 bridgehead atoms. The lowest BCUT2D eigenvalue weighted by Gasteiger charge is -2.08. The highest BCUT2D eigenvalue weighted by molar-refractivity contribution is 6.05. The lowest BCUT2D eigenvalue weighted by Crippen LogP contribution is -2.20. The number of benzene rings is 2. The van der Waals surface area contributed by atoms with Crippen LogP contribution in [-0.2, 0) is 0 Å². The van der Waals surface area contributed by atoms with Gasteiger partial charge in [-0.2, -0.15) is 0 Å². The number of nitrogens with one attached hydrogen (secondary N) is 3. The quantitative estimate of drug-likeness (QED) is 0.365. The zero-order chi connectivity index (χ0) is 19.1. The molecule has 0 unspecified atom stereocenters. The second-order valence-corrected chi connectivity index (χ2v) is 5.75. The van der Waals surface area contributed by atoms with Crippen molar-refractivity contribution in [3.8, 4) is 0 Å². The minimum Gasteiger partial charge on any atom is -0.450 e. The Morgan fingerprint density at radius 1 is 1.00 bits per heavy atom. The Kier molecular flexibility index (Phi) is 6.15. The van der Waals surface area contributed by atoms with Crippen LogP contribution in [0.4, 0.5) is 16.2 Å². The minimum absolute atomic E-state index is 0.159. The van der Waals surface area contributed by atoms with Crippen molar-refractivity contribution in [2.24, 2.45) is 5.73 Å². The number of rotatable bonds is 4. The summed E-state index contributed by atoms with van der Waals surface area (Å²) in [5.41, 5.74) is 8.53. The number of carboxylic acid groups (broad SMARTS) is 2. The molecule has 1 aliphatic carbocycles. The van der Waals surface area contributed by atoms with Gasteiger partial charge in [-0.3, -0.25) is 10.2 Å². The molecule has 1 amide bonds. The molecule has 2 aromatic rings. The van der Waals surface area contributed by atoms with Crippen LogP contribution >= 0.6 is 0 Å². The van der Waals surface area contributed by atoms with Crippen LogP contribution in [0.5, 0.6) is 0 Å². The largest absolute Gasteiger partial charge is 0.503 e. The van der Waals surface area contributed by atoms with Gasteiger partial charge in [0.15, 0.2) is 5.96 Å². The summed E-state index contributed by atoms with van der Waals surface area (Å²) in [5, 5.41) is 26.7. The smallest absolute Gasteiger partial charge is 0.450 e. The first-order valence-electron chi connectivity index (χ1n) is 7.89. The van der Waals surface area contributed by atoms with Crippen LogP contribution in [0.2, 0.25) is 0 Å². The number of guanidine groups is 1. The van der Waals surface area contributed by atoms with E-state index < -0.39 is 6.16 Å². The molecular weight excluding hydrogens is 336 g/mol. The molecule has 0 heterocycles. The second kappa shape index (κ2) is 8.52. The van der Waals surface area contributed by atoms with Crippen molar-refractivity contribution in [1.82, 2.24) is 0 Å². The number of hydrogen-bond acceptors (Lipinski definition) is 3. The average molecular weight is 356 g/mol. The highest BCUT2D eigenvalue weighted by atomic mass is 16.6. The second-order valence-electron chi connectivity index (χ2n) is 5.75. The van der Waals surface area contributed by atoms with Gasteiger partial charge in [0, 0.05) is 16.9 Å². The molecule has 0 saturated heterocycles. The summed E-state index contributed by atoms with van der Waals surface area (Å²) in [4.78, 5) is 20.8. The molecule has 1 fully saturated rings. The van der Waals surface area contributed by atoms with E-state index >= 15 is 0 Å². The maximum atomic E-state index is 12.3. The van der Waals surface area contributed by atoms with Gasteiger partial charge in [0.25, 0.3) is 5.91 Å². The first-order chi connectivity index (χ1) is 12.3. The van der Waals surface area contributed by atoms with Crippen molar-refractivity contribution in [1.29, 1.82) is 5.41 Å². The highest BCUT2D eigenvalue weighted by Crippen LogP contribution is 2.40. The Bertz CT molecular complexity index is 797. The van der Waals surface area contributed by atoms with Gasteiger partial charge in [0.05, 0.1) is 0 Å². The zero-order valence-corrected chi connectivity index (χ0v) is 13.9. The third kappa shape index (κ3) is 6.16. The molecule has 2 aromatic carbocycles. The minimum atomic E-state index is -1.83. The predicted octanol–water partition coefficient (Wildman–Crippen LogP) is 3.34. The highest BCUT2D eigenvalue weighted by Gasteiger charge is 2.23. The molecule has 1 aliphatic rings. The van der Waals surface area contributed by atoms with Crippen LogP contribution in [0, 0.1) is 5.41 Å². The number of carbonyl (C=O) groups is 2. The molecule has 0 atom stereocenters. The van der Waals surface area contributed by atoms with E-state index in [1.165, 1.54) is 18.4 Å². The Labute approximate surface area is 150 Å². The zero-order valence-electron chi connectivity index (χ0n) is 13.9. The van der Waals surface area contributed by atoms with Crippen molar-refractivity contribution in [3.63, 3.8) is 0 Å². The number of nitrogens with two attached hydrogens (primary N) is 1. The van der Waals surface area contributed by atoms with E-state index in [1.54, 1.807) is 24.3 Å². The summed E-state index contributed by atoms with van der Waals surface area (Å²) < 4.78 is 0. The van der Waals surface area contributed by atoms with Crippen molar-refractivity contribution in [3.05, 3.63) is 59.7 Å². The van der Waals surface area contributed by atoms with Crippen LogP contribution in [-0.4, -0.2) is 28.2 Å². The van der Waals surface area contributed by atoms with Gasteiger partial charge in [0.2, 0.25) is 0 Å². The van der Waals surface area contributed by atoms with E-state index in [0.717, 1.165) is 5.69 Å². The Morgan fingerprint density at radius 3 is 2.15 bits per heavy atom. The normalized spacial score (nSPS) is 12.3. The van der Waals surface area contributed by atoms with Gasteiger partial charge in [-0.05, 0) is 54.7 Å². The average Bonchev–Trinajstić information content (AvgIpc) is 3.39. The van der Waals surface area contributed by atoms with Gasteiger partial charge in [-0.1, -0.05) is 18.2 Å². The lowest BCUT2D eigenvalue weighted by molar-refractivity contribution is 0.102. The Morgan fingerprint density at radius 2 is 1.62 bits per heavy atom. The standard InChI is InChI=1S/C17H18N4O.CH2O3/c18-17(19)21-15-3-1-2-13(10-15)16(22)20-14-8-6-12(7-9-14)11-4-5-11;2-1(3)4/h1-3,6-11H,4-5H2,(H,20,22)(H4,18,19,21);(H2,2,3,4). The van der Waals surface area contributed by atoms with E-state index in [0.29, 0.717) is 17.2 Å². The fraction of sp³-hybridized carbons (Fsp3) is 0.167. The molecule has 7 N–H and O–H groups in total. The van der Waals surface area contributed by atoms with E-state index in [1.807, 2.05) is 12.1 Å². The van der Waals surface area contributed by atoms with Crippen LogP contribution in [0.1, 0.15) is 34.7 Å². The first kappa shape index (κ1) is 18.8. The van der Waals surface area contributed by atoms with Crippen LogP contribution < -0.4 is 16.4 Å². The van der Waals surface area contributed by atoms with Crippen molar-refractivity contribution < 1.29 is 19.8 Å². The topological polar surface area (TPSA) is 149 Å². The monoisotopic (exact) mass is 356 g/mol. The molecular formula is C18H20N4O4. The molecule has 0 radical (unpaired) electrons. The molecule has 136 valence electrons. The van der Waals surface area contributed by atoms with Crippen LogP contribution in [0.3, 0.4) is 0 Å². The SMILES string of the molecule is N=C(N)Nc1cccc(C(=O)Nc2ccc(C3CC3)cc2)c1.O=C(O)O. The third-order valence-electron chi connectivity index (χ3n) is 3.62. The van der Waals surface area contributed by atoms with E-state index in [9.17, 15) is 4.79 Å². The molecule has 0 spiro atoms.